The normalized spacial score (nSPS) is 16.6. The van der Waals surface area contributed by atoms with Crippen molar-refractivity contribution in [2.24, 2.45) is 5.73 Å². The van der Waals surface area contributed by atoms with E-state index in [4.69, 9.17) is 24.7 Å². The number of nitro benzene ring substituents is 1. The first kappa shape index (κ1) is 25.6. The Labute approximate surface area is 222 Å². The zero-order valence-corrected chi connectivity index (χ0v) is 20.9. The standard InChI is InChI=1S/C26H24N6O7/c1-2-37-20-13-15(6-7-19(20)38-26(33)31-8-10-36-11-9-31)21-18(14-27)24(28)39-25-22(21)23(29-30-25)16-4-3-5-17(12-16)32(34)35/h3-7,12-13,21H,2,8-11,28H2,1H3,(H,29,30)/t21-/m1/s1. The van der Waals surface area contributed by atoms with Gasteiger partial charge in [0.1, 0.15) is 11.6 Å². The lowest BCUT2D eigenvalue weighted by atomic mass is 9.83. The number of nitrogens with one attached hydrogen (secondary N) is 1. The second kappa shape index (κ2) is 10.7. The van der Waals surface area contributed by atoms with E-state index < -0.39 is 16.9 Å². The molecule has 13 nitrogen and oxygen atoms in total. The van der Waals surface area contributed by atoms with Crippen molar-refractivity contribution in [1.82, 2.24) is 15.1 Å². The van der Waals surface area contributed by atoms with E-state index in [0.29, 0.717) is 54.4 Å². The number of H-pyrrole nitrogens is 1. The summed E-state index contributed by atoms with van der Waals surface area (Å²) in [7, 11) is 0. The number of aromatic nitrogens is 2. The van der Waals surface area contributed by atoms with Crippen molar-refractivity contribution < 1.29 is 28.7 Å². The SMILES string of the molecule is CCOc1cc([C@@H]2C(C#N)=C(N)Oc3n[nH]c(-c4cccc([N+](=O)[O-])c4)c32)ccc1OC(=O)N1CCOCC1. The summed E-state index contributed by atoms with van der Waals surface area (Å²) in [6.45, 7) is 3.78. The lowest BCUT2D eigenvalue weighted by molar-refractivity contribution is -0.384. The van der Waals surface area contributed by atoms with Crippen molar-refractivity contribution in [3.8, 4) is 34.7 Å². The number of carbonyl (C=O) groups excluding carboxylic acids is 1. The van der Waals surface area contributed by atoms with Gasteiger partial charge in [-0.05, 0) is 24.6 Å². The molecule has 2 aliphatic rings. The van der Waals surface area contributed by atoms with Gasteiger partial charge >= 0.3 is 6.09 Å². The maximum Gasteiger partial charge on any atom is 0.415 e. The fourth-order valence-electron chi connectivity index (χ4n) is 4.53. The molecule has 39 heavy (non-hydrogen) atoms. The Morgan fingerprint density at radius 2 is 2.08 bits per heavy atom. The van der Waals surface area contributed by atoms with Crippen LogP contribution in [-0.4, -0.2) is 59.0 Å². The molecule has 0 unspecified atom stereocenters. The minimum absolute atomic E-state index is 0.107. The fourth-order valence-corrected chi connectivity index (χ4v) is 4.53. The number of fused-ring (bicyclic) bond motifs is 1. The third-order valence-electron chi connectivity index (χ3n) is 6.35. The van der Waals surface area contributed by atoms with Crippen LogP contribution in [0.5, 0.6) is 17.4 Å². The molecule has 0 saturated carbocycles. The Hall–Kier alpha value is -5.09. The predicted molar refractivity (Wildman–Crippen MR) is 136 cm³/mol. The van der Waals surface area contributed by atoms with Crippen LogP contribution >= 0.6 is 0 Å². The molecule has 1 fully saturated rings. The van der Waals surface area contributed by atoms with Crippen LogP contribution in [0, 0.1) is 21.4 Å². The summed E-state index contributed by atoms with van der Waals surface area (Å²) in [5.41, 5.74) is 8.08. The van der Waals surface area contributed by atoms with E-state index in [-0.39, 0.29) is 35.4 Å². The zero-order valence-electron chi connectivity index (χ0n) is 20.9. The Bertz CT molecular complexity index is 1500. The molecule has 1 saturated heterocycles. The molecular formula is C26H24N6O7. The number of allylic oxidation sites excluding steroid dienone is 1. The van der Waals surface area contributed by atoms with Crippen LogP contribution in [0.25, 0.3) is 11.3 Å². The van der Waals surface area contributed by atoms with Gasteiger partial charge in [0.25, 0.3) is 5.69 Å². The molecule has 0 radical (unpaired) electrons. The van der Waals surface area contributed by atoms with Crippen molar-refractivity contribution in [2.75, 3.05) is 32.9 Å². The van der Waals surface area contributed by atoms with Crippen molar-refractivity contribution in [3.05, 3.63) is 75.2 Å². The number of morpholine rings is 1. The van der Waals surface area contributed by atoms with Crippen LogP contribution in [0.3, 0.4) is 0 Å². The summed E-state index contributed by atoms with van der Waals surface area (Å²) in [6, 6.07) is 13.1. The van der Waals surface area contributed by atoms with Crippen LogP contribution in [-0.2, 0) is 4.74 Å². The van der Waals surface area contributed by atoms with Crippen LogP contribution in [0.2, 0.25) is 0 Å². The number of ether oxygens (including phenoxy) is 4. The van der Waals surface area contributed by atoms with Gasteiger partial charge in [-0.1, -0.05) is 18.2 Å². The number of benzene rings is 2. The second-order valence-electron chi connectivity index (χ2n) is 8.66. The molecule has 0 spiro atoms. The molecule has 0 bridgehead atoms. The number of rotatable bonds is 6. The lowest BCUT2D eigenvalue weighted by Gasteiger charge is -2.27. The number of nitro groups is 1. The quantitative estimate of drug-likeness (QED) is 0.353. The molecule has 3 aromatic rings. The highest BCUT2D eigenvalue weighted by atomic mass is 16.6. The van der Waals surface area contributed by atoms with Crippen molar-refractivity contribution in [3.63, 3.8) is 0 Å². The highest BCUT2D eigenvalue weighted by molar-refractivity contribution is 5.74. The maximum absolute atomic E-state index is 12.7. The van der Waals surface area contributed by atoms with Crippen LogP contribution < -0.4 is 19.9 Å². The maximum atomic E-state index is 12.7. The molecular weight excluding hydrogens is 508 g/mol. The molecule has 1 atom stereocenters. The van der Waals surface area contributed by atoms with Crippen LogP contribution in [0.15, 0.2) is 53.9 Å². The summed E-state index contributed by atoms with van der Waals surface area (Å²) in [5.74, 6) is -0.228. The number of hydrogen-bond acceptors (Lipinski definition) is 10. The van der Waals surface area contributed by atoms with Gasteiger partial charge in [-0.2, -0.15) is 5.26 Å². The van der Waals surface area contributed by atoms with E-state index >= 15 is 0 Å². The number of amides is 1. The van der Waals surface area contributed by atoms with Gasteiger partial charge < -0.3 is 29.6 Å². The van der Waals surface area contributed by atoms with E-state index in [1.807, 2.05) is 0 Å². The summed E-state index contributed by atoms with van der Waals surface area (Å²) in [6.07, 6.45) is -0.523. The Kier molecular flexibility index (Phi) is 7.02. The highest BCUT2D eigenvalue weighted by Gasteiger charge is 2.36. The molecule has 2 aromatic carbocycles. The van der Waals surface area contributed by atoms with Crippen molar-refractivity contribution in [1.29, 1.82) is 5.26 Å². The number of nitriles is 1. The fraction of sp³-hybridized carbons (Fsp3) is 0.269. The molecule has 3 N–H and O–H groups in total. The summed E-state index contributed by atoms with van der Waals surface area (Å²) in [4.78, 5) is 25.1. The first-order valence-electron chi connectivity index (χ1n) is 12.1. The Morgan fingerprint density at radius 1 is 1.28 bits per heavy atom. The molecule has 200 valence electrons. The Morgan fingerprint density at radius 3 is 2.79 bits per heavy atom. The van der Waals surface area contributed by atoms with E-state index in [0.717, 1.165) is 0 Å². The van der Waals surface area contributed by atoms with Gasteiger partial charge in [0, 0.05) is 30.8 Å². The van der Waals surface area contributed by atoms with E-state index in [1.54, 1.807) is 42.2 Å². The van der Waals surface area contributed by atoms with Crippen LogP contribution in [0.4, 0.5) is 10.5 Å². The number of hydrogen-bond donors (Lipinski definition) is 2. The Balaban J connectivity index is 1.57. The molecule has 1 aromatic heterocycles. The predicted octanol–water partition coefficient (Wildman–Crippen LogP) is 3.43. The summed E-state index contributed by atoms with van der Waals surface area (Å²) in [5, 5.41) is 28.5. The number of nitrogens with zero attached hydrogens (tertiary/aromatic N) is 4. The van der Waals surface area contributed by atoms with Gasteiger partial charge in [0.2, 0.25) is 11.8 Å². The molecule has 2 aliphatic heterocycles. The van der Waals surface area contributed by atoms with Gasteiger partial charge in [0.15, 0.2) is 11.5 Å². The number of nitrogens with two attached hydrogens (primary N) is 1. The molecule has 3 heterocycles. The first-order chi connectivity index (χ1) is 18.9. The molecule has 1 amide bonds. The first-order valence-corrected chi connectivity index (χ1v) is 12.1. The molecule has 0 aliphatic carbocycles. The average molecular weight is 533 g/mol. The second-order valence-corrected chi connectivity index (χ2v) is 8.66. The van der Waals surface area contributed by atoms with Crippen molar-refractivity contribution in [2.45, 2.75) is 12.8 Å². The van der Waals surface area contributed by atoms with Crippen LogP contribution in [0.1, 0.15) is 24.0 Å². The third kappa shape index (κ3) is 4.92. The smallest absolute Gasteiger partial charge is 0.415 e. The number of non-ortho nitro benzene ring substituents is 1. The van der Waals surface area contributed by atoms with E-state index in [1.165, 1.54) is 12.1 Å². The van der Waals surface area contributed by atoms with E-state index in [2.05, 4.69) is 16.3 Å². The average Bonchev–Trinajstić information content (AvgIpc) is 3.37. The minimum Gasteiger partial charge on any atom is -0.490 e. The van der Waals surface area contributed by atoms with E-state index in [9.17, 15) is 20.2 Å². The topological polar surface area (TPSA) is 179 Å². The zero-order chi connectivity index (χ0) is 27.5. The summed E-state index contributed by atoms with van der Waals surface area (Å²) < 4.78 is 22.4. The minimum atomic E-state index is -0.755. The number of carbonyl (C=O) groups is 1. The van der Waals surface area contributed by atoms with Gasteiger partial charge in [-0.15, -0.1) is 5.10 Å². The molecule has 5 rings (SSSR count). The largest absolute Gasteiger partial charge is 0.490 e. The summed E-state index contributed by atoms with van der Waals surface area (Å²) >= 11 is 0. The van der Waals surface area contributed by atoms with Gasteiger partial charge in [0.05, 0.1) is 41.9 Å². The molecule has 13 heteroatoms. The number of aromatic amines is 1. The third-order valence-corrected chi connectivity index (χ3v) is 6.35. The van der Waals surface area contributed by atoms with Crippen molar-refractivity contribution >= 4 is 11.8 Å². The lowest BCUT2D eigenvalue weighted by Crippen LogP contribution is -2.42. The van der Waals surface area contributed by atoms with Gasteiger partial charge in [-0.3, -0.25) is 15.2 Å². The van der Waals surface area contributed by atoms with Gasteiger partial charge in [-0.25, -0.2) is 4.79 Å². The monoisotopic (exact) mass is 532 g/mol. The highest BCUT2D eigenvalue weighted by Crippen LogP contribution is 2.47.